The summed E-state index contributed by atoms with van der Waals surface area (Å²) in [5, 5.41) is 3.61. The molecule has 0 fully saturated rings. The number of nitrogens with zero attached hydrogens (tertiary/aromatic N) is 2. The van der Waals surface area contributed by atoms with Crippen molar-refractivity contribution in [2.24, 2.45) is 5.73 Å². The predicted octanol–water partition coefficient (Wildman–Crippen LogP) is 0.192. The van der Waals surface area contributed by atoms with Crippen LogP contribution in [-0.4, -0.2) is 15.1 Å². The van der Waals surface area contributed by atoms with Crippen molar-refractivity contribution in [2.75, 3.05) is 0 Å². The molecule has 0 aliphatic heterocycles. The average Bonchev–Trinajstić information content (AvgIpc) is 2.66. The van der Waals surface area contributed by atoms with Crippen LogP contribution in [0.1, 0.15) is 11.5 Å². The Labute approximate surface area is 85.1 Å². The van der Waals surface area contributed by atoms with Gasteiger partial charge < -0.3 is 15.2 Å². The molecule has 0 spiro atoms. The molecule has 6 nitrogen and oxygen atoms in total. The van der Waals surface area contributed by atoms with Crippen LogP contribution in [0.2, 0.25) is 0 Å². The molecule has 15 heavy (non-hydrogen) atoms. The van der Waals surface area contributed by atoms with E-state index in [1.165, 1.54) is 6.07 Å². The van der Waals surface area contributed by atoms with Crippen molar-refractivity contribution in [3.8, 4) is 11.5 Å². The van der Waals surface area contributed by atoms with Gasteiger partial charge in [-0.2, -0.15) is 4.98 Å². The first-order valence-electron chi connectivity index (χ1n) is 4.43. The number of aromatic amines is 1. The van der Waals surface area contributed by atoms with Gasteiger partial charge >= 0.3 is 0 Å². The van der Waals surface area contributed by atoms with Gasteiger partial charge in [-0.25, -0.2) is 0 Å². The zero-order valence-corrected chi connectivity index (χ0v) is 8.15. The molecule has 2 heterocycles. The van der Waals surface area contributed by atoms with E-state index in [2.05, 4.69) is 15.1 Å². The van der Waals surface area contributed by atoms with E-state index in [4.69, 9.17) is 10.3 Å². The lowest BCUT2D eigenvalue weighted by Gasteiger charge is -1.94. The number of pyridine rings is 1. The van der Waals surface area contributed by atoms with Crippen LogP contribution in [0.25, 0.3) is 11.5 Å². The van der Waals surface area contributed by atoms with E-state index in [-0.39, 0.29) is 17.9 Å². The number of rotatable bonds is 2. The van der Waals surface area contributed by atoms with Gasteiger partial charge in [-0.1, -0.05) is 5.16 Å². The van der Waals surface area contributed by atoms with Crippen molar-refractivity contribution < 1.29 is 4.52 Å². The van der Waals surface area contributed by atoms with Crippen LogP contribution in [-0.2, 0) is 6.54 Å². The molecule has 0 aromatic carbocycles. The molecule has 0 aliphatic carbocycles. The van der Waals surface area contributed by atoms with Crippen molar-refractivity contribution in [1.29, 1.82) is 0 Å². The van der Waals surface area contributed by atoms with Gasteiger partial charge in [0.1, 0.15) is 5.56 Å². The normalized spacial score (nSPS) is 10.5. The van der Waals surface area contributed by atoms with Crippen LogP contribution in [0.3, 0.4) is 0 Å². The SMILES string of the molecule is Cc1cc(=O)c(-c2nc(CN)no2)c[nH]1. The third-order valence-corrected chi connectivity index (χ3v) is 1.94. The van der Waals surface area contributed by atoms with Crippen LogP contribution < -0.4 is 11.2 Å². The minimum absolute atomic E-state index is 0.154. The molecule has 2 aromatic rings. The van der Waals surface area contributed by atoms with Gasteiger partial charge in [0.25, 0.3) is 5.89 Å². The van der Waals surface area contributed by atoms with Gasteiger partial charge in [0.05, 0.1) is 6.54 Å². The van der Waals surface area contributed by atoms with Gasteiger partial charge in [0, 0.05) is 18.0 Å². The summed E-state index contributed by atoms with van der Waals surface area (Å²) in [6.45, 7) is 1.98. The van der Waals surface area contributed by atoms with Gasteiger partial charge in [0.2, 0.25) is 0 Å². The number of aryl methyl sites for hydroxylation is 1. The number of nitrogens with two attached hydrogens (primary N) is 1. The van der Waals surface area contributed by atoms with E-state index in [9.17, 15) is 4.79 Å². The Hall–Kier alpha value is -1.95. The van der Waals surface area contributed by atoms with E-state index in [0.717, 1.165) is 5.69 Å². The molecule has 0 radical (unpaired) electrons. The lowest BCUT2D eigenvalue weighted by atomic mass is 10.2. The molecular formula is C9H10N4O2. The largest absolute Gasteiger partial charge is 0.364 e. The van der Waals surface area contributed by atoms with Crippen LogP contribution in [0, 0.1) is 6.92 Å². The molecule has 0 atom stereocenters. The molecular weight excluding hydrogens is 196 g/mol. The highest BCUT2D eigenvalue weighted by atomic mass is 16.5. The minimum Gasteiger partial charge on any atom is -0.364 e. The zero-order valence-electron chi connectivity index (χ0n) is 8.15. The van der Waals surface area contributed by atoms with Crippen molar-refractivity contribution in [3.05, 3.63) is 34.0 Å². The summed E-state index contributed by atoms with van der Waals surface area (Å²) in [5.74, 6) is 0.571. The first-order chi connectivity index (χ1) is 7.20. The number of aromatic nitrogens is 3. The molecule has 2 aromatic heterocycles. The maximum absolute atomic E-state index is 11.6. The number of nitrogens with one attached hydrogen (secondary N) is 1. The second-order valence-electron chi connectivity index (χ2n) is 3.11. The van der Waals surface area contributed by atoms with Gasteiger partial charge in [-0.15, -0.1) is 0 Å². The Bertz CT molecular complexity index is 529. The van der Waals surface area contributed by atoms with Gasteiger partial charge in [0.15, 0.2) is 11.3 Å². The van der Waals surface area contributed by atoms with Crippen LogP contribution in [0.4, 0.5) is 0 Å². The Kier molecular flexibility index (Phi) is 2.34. The molecule has 0 saturated carbocycles. The summed E-state index contributed by atoms with van der Waals surface area (Å²) in [6.07, 6.45) is 1.55. The van der Waals surface area contributed by atoms with Crippen LogP contribution >= 0.6 is 0 Å². The first-order valence-corrected chi connectivity index (χ1v) is 4.43. The Morgan fingerprint density at radius 3 is 3.00 bits per heavy atom. The lowest BCUT2D eigenvalue weighted by molar-refractivity contribution is 0.422. The van der Waals surface area contributed by atoms with Crippen LogP contribution in [0.5, 0.6) is 0 Å². The van der Waals surface area contributed by atoms with E-state index < -0.39 is 0 Å². The third-order valence-electron chi connectivity index (χ3n) is 1.94. The summed E-state index contributed by atoms with van der Waals surface area (Å²) >= 11 is 0. The zero-order chi connectivity index (χ0) is 10.8. The van der Waals surface area contributed by atoms with Crippen molar-refractivity contribution in [1.82, 2.24) is 15.1 Å². The van der Waals surface area contributed by atoms with Gasteiger partial charge in [-0.3, -0.25) is 4.79 Å². The summed E-state index contributed by atoms with van der Waals surface area (Å²) in [5.41, 5.74) is 6.31. The van der Waals surface area contributed by atoms with Gasteiger partial charge in [-0.05, 0) is 6.92 Å². The number of H-pyrrole nitrogens is 1. The van der Waals surface area contributed by atoms with E-state index in [1.807, 2.05) is 0 Å². The molecule has 0 unspecified atom stereocenters. The topological polar surface area (TPSA) is 97.8 Å². The monoisotopic (exact) mass is 206 g/mol. The number of hydrogen-bond donors (Lipinski definition) is 2. The highest BCUT2D eigenvalue weighted by molar-refractivity contribution is 5.50. The molecule has 0 aliphatic rings. The summed E-state index contributed by atoms with van der Waals surface area (Å²) in [7, 11) is 0. The fourth-order valence-corrected chi connectivity index (χ4v) is 1.19. The van der Waals surface area contributed by atoms with Crippen molar-refractivity contribution >= 4 is 0 Å². The highest BCUT2D eigenvalue weighted by Gasteiger charge is 2.10. The van der Waals surface area contributed by atoms with E-state index in [0.29, 0.717) is 11.4 Å². The second-order valence-corrected chi connectivity index (χ2v) is 3.11. The number of hydrogen-bond acceptors (Lipinski definition) is 5. The van der Waals surface area contributed by atoms with Crippen LogP contribution in [0.15, 0.2) is 21.6 Å². The molecule has 3 N–H and O–H groups in total. The Morgan fingerprint density at radius 2 is 2.40 bits per heavy atom. The maximum atomic E-state index is 11.6. The smallest absolute Gasteiger partial charge is 0.263 e. The molecule has 78 valence electrons. The van der Waals surface area contributed by atoms with E-state index >= 15 is 0 Å². The average molecular weight is 206 g/mol. The molecule has 0 saturated heterocycles. The second kappa shape index (κ2) is 3.66. The standard InChI is InChI=1S/C9H10N4O2/c1-5-2-7(14)6(4-11-5)9-12-8(3-10)13-15-9/h2,4H,3,10H2,1H3,(H,11,14). The van der Waals surface area contributed by atoms with E-state index in [1.54, 1.807) is 13.1 Å². The summed E-state index contributed by atoms with van der Waals surface area (Å²) in [6, 6.07) is 1.47. The lowest BCUT2D eigenvalue weighted by Crippen LogP contribution is -2.05. The molecule has 2 rings (SSSR count). The van der Waals surface area contributed by atoms with Crippen molar-refractivity contribution in [3.63, 3.8) is 0 Å². The minimum atomic E-state index is -0.154. The third kappa shape index (κ3) is 1.79. The molecule has 0 amide bonds. The first kappa shape index (κ1) is 9.60. The Balaban J connectivity index is 2.49. The highest BCUT2D eigenvalue weighted by Crippen LogP contribution is 2.11. The fraction of sp³-hybridized carbons (Fsp3) is 0.222. The molecule has 0 bridgehead atoms. The Morgan fingerprint density at radius 1 is 1.60 bits per heavy atom. The summed E-state index contributed by atoms with van der Waals surface area (Å²) < 4.78 is 4.90. The van der Waals surface area contributed by atoms with Crippen molar-refractivity contribution in [2.45, 2.75) is 13.5 Å². The maximum Gasteiger partial charge on any atom is 0.263 e. The quantitative estimate of drug-likeness (QED) is 0.731. The fourth-order valence-electron chi connectivity index (χ4n) is 1.19. The summed E-state index contributed by atoms with van der Waals surface area (Å²) in [4.78, 5) is 18.4. The predicted molar refractivity (Wildman–Crippen MR) is 53.0 cm³/mol. The molecule has 6 heteroatoms.